The Hall–Kier alpha value is -2.24. The molecule has 1 rings (SSSR count). The molecule has 0 bridgehead atoms. The molecule has 0 spiro atoms. The number of rotatable bonds is 5. The van der Waals surface area contributed by atoms with E-state index in [0.29, 0.717) is 11.4 Å². The molecule has 1 aromatic rings. The molecule has 6 nitrogen and oxygen atoms in total. The van der Waals surface area contributed by atoms with Gasteiger partial charge < -0.3 is 20.5 Å². The van der Waals surface area contributed by atoms with Crippen LogP contribution in [0, 0.1) is 6.92 Å². The molecular formula is C12H16N2O4. The summed E-state index contributed by atoms with van der Waals surface area (Å²) >= 11 is 0. The van der Waals surface area contributed by atoms with E-state index in [1.54, 1.807) is 19.2 Å². The predicted octanol–water partition coefficient (Wildman–Crippen LogP) is 1.60. The second-order valence-corrected chi connectivity index (χ2v) is 3.71. The van der Waals surface area contributed by atoms with Gasteiger partial charge in [-0.2, -0.15) is 0 Å². The molecule has 0 saturated carbocycles. The predicted molar refractivity (Wildman–Crippen MR) is 67.0 cm³/mol. The SMILES string of the molecule is COc1ccc(C)c(NC(=O)NCCC(=O)O)c1. The van der Waals surface area contributed by atoms with Gasteiger partial charge >= 0.3 is 12.0 Å². The smallest absolute Gasteiger partial charge is 0.319 e. The van der Waals surface area contributed by atoms with Gasteiger partial charge in [-0.1, -0.05) is 6.07 Å². The quantitative estimate of drug-likeness (QED) is 0.742. The van der Waals surface area contributed by atoms with E-state index in [1.807, 2.05) is 13.0 Å². The minimum Gasteiger partial charge on any atom is -0.497 e. The number of hydrogen-bond donors (Lipinski definition) is 3. The number of nitrogens with one attached hydrogen (secondary N) is 2. The van der Waals surface area contributed by atoms with Crippen LogP contribution in [0.4, 0.5) is 10.5 Å². The standard InChI is InChI=1S/C12H16N2O4/c1-8-3-4-9(18-2)7-10(8)14-12(17)13-6-5-11(15)16/h3-4,7H,5-6H2,1-2H3,(H,15,16)(H2,13,14,17). The van der Waals surface area contributed by atoms with Crippen LogP contribution >= 0.6 is 0 Å². The topological polar surface area (TPSA) is 87.7 Å². The lowest BCUT2D eigenvalue weighted by atomic mass is 10.2. The molecule has 0 aliphatic heterocycles. The Morgan fingerprint density at radius 1 is 1.39 bits per heavy atom. The van der Waals surface area contributed by atoms with Crippen molar-refractivity contribution in [1.82, 2.24) is 5.32 Å². The lowest BCUT2D eigenvalue weighted by Crippen LogP contribution is -2.30. The van der Waals surface area contributed by atoms with E-state index < -0.39 is 12.0 Å². The minimum atomic E-state index is -0.951. The number of urea groups is 1. The first-order valence-electron chi connectivity index (χ1n) is 5.44. The number of carbonyl (C=O) groups excluding carboxylic acids is 1. The fourth-order valence-electron chi connectivity index (χ4n) is 1.31. The molecule has 0 aliphatic rings. The molecule has 0 radical (unpaired) electrons. The highest BCUT2D eigenvalue weighted by atomic mass is 16.5. The summed E-state index contributed by atoms with van der Waals surface area (Å²) in [7, 11) is 1.54. The second kappa shape index (κ2) is 6.48. The van der Waals surface area contributed by atoms with Gasteiger partial charge in [-0.25, -0.2) is 4.79 Å². The molecular weight excluding hydrogens is 236 g/mol. The van der Waals surface area contributed by atoms with E-state index in [2.05, 4.69) is 10.6 Å². The maximum Gasteiger partial charge on any atom is 0.319 e. The van der Waals surface area contributed by atoms with Gasteiger partial charge in [0.25, 0.3) is 0 Å². The number of amides is 2. The Labute approximate surface area is 105 Å². The second-order valence-electron chi connectivity index (χ2n) is 3.71. The lowest BCUT2D eigenvalue weighted by molar-refractivity contribution is -0.136. The summed E-state index contributed by atoms with van der Waals surface area (Å²) in [4.78, 5) is 21.8. The van der Waals surface area contributed by atoms with E-state index in [0.717, 1.165) is 5.56 Å². The molecule has 18 heavy (non-hydrogen) atoms. The molecule has 3 N–H and O–H groups in total. The third kappa shape index (κ3) is 4.32. The van der Waals surface area contributed by atoms with E-state index >= 15 is 0 Å². The maximum absolute atomic E-state index is 11.5. The monoisotopic (exact) mass is 252 g/mol. The van der Waals surface area contributed by atoms with Crippen LogP contribution in [0.2, 0.25) is 0 Å². The van der Waals surface area contributed by atoms with Crippen molar-refractivity contribution in [2.45, 2.75) is 13.3 Å². The fraction of sp³-hybridized carbons (Fsp3) is 0.333. The highest BCUT2D eigenvalue weighted by Crippen LogP contribution is 2.21. The summed E-state index contributed by atoms with van der Waals surface area (Å²) in [6.45, 7) is 1.94. The van der Waals surface area contributed by atoms with Gasteiger partial charge in [-0.05, 0) is 18.6 Å². The highest BCUT2D eigenvalue weighted by molar-refractivity contribution is 5.90. The minimum absolute atomic E-state index is 0.0875. The third-order valence-corrected chi connectivity index (χ3v) is 2.32. The van der Waals surface area contributed by atoms with E-state index in [9.17, 15) is 9.59 Å². The molecule has 98 valence electrons. The number of aliphatic carboxylic acids is 1. The number of carboxylic acids is 1. The van der Waals surface area contributed by atoms with Crippen LogP contribution in [-0.4, -0.2) is 30.8 Å². The molecule has 0 fully saturated rings. The number of carboxylic acid groups (broad SMARTS) is 1. The fourth-order valence-corrected chi connectivity index (χ4v) is 1.31. The number of anilines is 1. The number of benzene rings is 1. The summed E-state index contributed by atoms with van der Waals surface area (Å²) in [5.74, 6) is -0.311. The van der Waals surface area contributed by atoms with Crippen LogP contribution < -0.4 is 15.4 Å². The van der Waals surface area contributed by atoms with Gasteiger partial charge in [-0.3, -0.25) is 4.79 Å². The molecule has 6 heteroatoms. The first kappa shape index (κ1) is 13.8. The zero-order chi connectivity index (χ0) is 13.5. The highest BCUT2D eigenvalue weighted by Gasteiger charge is 2.06. The summed E-state index contributed by atoms with van der Waals surface area (Å²) < 4.78 is 5.05. The molecule has 0 saturated heterocycles. The van der Waals surface area contributed by atoms with Crippen molar-refractivity contribution in [3.8, 4) is 5.75 Å². The Balaban J connectivity index is 2.55. The van der Waals surface area contributed by atoms with Crippen LogP contribution in [0.25, 0.3) is 0 Å². The zero-order valence-corrected chi connectivity index (χ0v) is 10.3. The van der Waals surface area contributed by atoms with Crippen molar-refractivity contribution < 1.29 is 19.4 Å². The van der Waals surface area contributed by atoms with E-state index in [1.165, 1.54) is 0 Å². The summed E-state index contributed by atoms with van der Waals surface area (Å²) in [6, 6.07) is 4.88. The van der Waals surface area contributed by atoms with Gasteiger partial charge in [0.05, 0.1) is 13.5 Å². The maximum atomic E-state index is 11.5. The van der Waals surface area contributed by atoms with Crippen LogP contribution in [0.5, 0.6) is 5.75 Å². The Kier molecular flexibility index (Phi) is 4.98. The molecule has 0 aromatic heterocycles. The van der Waals surface area contributed by atoms with Crippen LogP contribution in [-0.2, 0) is 4.79 Å². The Morgan fingerprint density at radius 2 is 2.11 bits per heavy atom. The van der Waals surface area contributed by atoms with Crippen LogP contribution in [0.15, 0.2) is 18.2 Å². The van der Waals surface area contributed by atoms with Crippen molar-refractivity contribution >= 4 is 17.7 Å². The normalized spacial score (nSPS) is 9.67. The largest absolute Gasteiger partial charge is 0.497 e. The third-order valence-electron chi connectivity index (χ3n) is 2.32. The Morgan fingerprint density at radius 3 is 2.72 bits per heavy atom. The van der Waals surface area contributed by atoms with Crippen molar-refractivity contribution in [2.75, 3.05) is 19.0 Å². The first-order valence-corrected chi connectivity index (χ1v) is 5.44. The number of hydrogen-bond acceptors (Lipinski definition) is 3. The average molecular weight is 252 g/mol. The summed E-state index contributed by atoms with van der Waals surface area (Å²) in [5, 5.41) is 13.5. The molecule has 0 heterocycles. The van der Waals surface area contributed by atoms with Crippen molar-refractivity contribution in [2.24, 2.45) is 0 Å². The van der Waals surface area contributed by atoms with Gasteiger partial charge in [0, 0.05) is 18.3 Å². The van der Waals surface area contributed by atoms with E-state index in [4.69, 9.17) is 9.84 Å². The molecule has 0 atom stereocenters. The molecule has 1 aromatic carbocycles. The van der Waals surface area contributed by atoms with Gasteiger partial charge in [0.15, 0.2) is 0 Å². The lowest BCUT2D eigenvalue weighted by Gasteiger charge is -2.10. The van der Waals surface area contributed by atoms with Gasteiger partial charge in [-0.15, -0.1) is 0 Å². The van der Waals surface area contributed by atoms with Crippen LogP contribution in [0.1, 0.15) is 12.0 Å². The summed E-state index contributed by atoms with van der Waals surface area (Å²) in [5.41, 5.74) is 1.52. The average Bonchev–Trinajstić information content (AvgIpc) is 2.31. The van der Waals surface area contributed by atoms with Crippen molar-refractivity contribution in [3.05, 3.63) is 23.8 Å². The number of ether oxygens (including phenoxy) is 1. The number of methoxy groups -OCH3 is 1. The number of carbonyl (C=O) groups is 2. The number of aryl methyl sites for hydroxylation is 1. The van der Waals surface area contributed by atoms with Crippen molar-refractivity contribution in [3.63, 3.8) is 0 Å². The van der Waals surface area contributed by atoms with Crippen LogP contribution in [0.3, 0.4) is 0 Å². The van der Waals surface area contributed by atoms with Gasteiger partial charge in [0.2, 0.25) is 0 Å². The summed E-state index contributed by atoms with van der Waals surface area (Å²) in [6.07, 6.45) is -0.107. The molecule has 0 unspecified atom stereocenters. The first-order chi connectivity index (χ1) is 8.52. The Bertz CT molecular complexity index is 446. The molecule has 0 aliphatic carbocycles. The van der Waals surface area contributed by atoms with Gasteiger partial charge in [0.1, 0.15) is 5.75 Å². The zero-order valence-electron chi connectivity index (χ0n) is 10.3. The van der Waals surface area contributed by atoms with Crippen molar-refractivity contribution in [1.29, 1.82) is 0 Å². The molecule has 2 amide bonds. The van der Waals surface area contributed by atoms with E-state index in [-0.39, 0.29) is 13.0 Å².